The highest BCUT2D eigenvalue weighted by Gasteiger charge is 2.09. The molecule has 0 saturated heterocycles. The fourth-order valence-corrected chi connectivity index (χ4v) is 2.47. The molecule has 24 heavy (non-hydrogen) atoms. The van der Waals surface area contributed by atoms with E-state index >= 15 is 0 Å². The minimum atomic E-state index is -0.391. The average molecular weight is 327 g/mol. The summed E-state index contributed by atoms with van der Waals surface area (Å²) in [5, 5.41) is 5.79. The molecule has 0 saturated carbocycles. The van der Waals surface area contributed by atoms with Crippen molar-refractivity contribution >= 4 is 16.7 Å². The second-order valence-corrected chi connectivity index (χ2v) is 5.38. The average Bonchev–Trinajstić information content (AvgIpc) is 3.10. The molecule has 124 valence electrons. The monoisotopic (exact) mass is 327 g/mol. The zero-order valence-corrected chi connectivity index (χ0v) is 12.9. The van der Waals surface area contributed by atoms with Crippen LogP contribution in [-0.2, 0) is 17.9 Å². The van der Waals surface area contributed by atoms with E-state index in [4.69, 9.17) is 0 Å². The molecule has 1 amide bonds. The first kappa shape index (κ1) is 15.7. The van der Waals surface area contributed by atoms with Gasteiger partial charge in [0.25, 0.3) is 11.1 Å². The van der Waals surface area contributed by atoms with Crippen LogP contribution in [0, 0.1) is 0 Å². The molecule has 0 bridgehead atoms. The second kappa shape index (κ2) is 6.95. The molecule has 0 aliphatic heterocycles. The first-order valence-electron chi connectivity index (χ1n) is 7.59. The predicted octanol–water partition coefficient (Wildman–Crippen LogP) is 0.0928. The van der Waals surface area contributed by atoms with Crippen molar-refractivity contribution in [2.75, 3.05) is 6.54 Å². The molecule has 1 aromatic carbocycles. The van der Waals surface area contributed by atoms with E-state index in [2.05, 4.69) is 15.4 Å². The van der Waals surface area contributed by atoms with Crippen LogP contribution in [0.25, 0.3) is 10.8 Å². The van der Waals surface area contributed by atoms with Gasteiger partial charge in [-0.15, -0.1) is 0 Å². The number of hydrogen-bond acceptors (Lipinski definition) is 4. The number of hydrogen-bond donors (Lipinski definition) is 2. The van der Waals surface area contributed by atoms with Crippen molar-refractivity contribution < 1.29 is 4.79 Å². The van der Waals surface area contributed by atoms with Crippen LogP contribution < -0.4 is 16.4 Å². The summed E-state index contributed by atoms with van der Waals surface area (Å²) in [7, 11) is 0. The third-order valence-electron chi connectivity index (χ3n) is 3.66. The van der Waals surface area contributed by atoms with Crippen molar-refractivity contribution in [1.82, 2.24) is 24.6 Å². The van der Waals surface area contributed by atoms with E-state index in [1.807, 2.05) is 10.8 Å². The Kier molecular flexibility index (Phi) is 4.55. The highest BCUT2D eigenvalue weighted by atomic mass is 16.2. The minimum Gasteiger partial charge on any atom is -0.354 e. The quantitative estimate of drug-likeness (QED) is 0.627. The molecule has 2 N–H and O–H groups in total. The second-order valence-electron chi connectivity index (χ2n) is 5.38. The van der Waals surface area contributed by atoms with E-state index < -0.39 is 11.1 Å². The van der Waals surface area contributed by atoms with E-state index in [-0.39, 0.29) is 12.5 Å². The van der Waals surface area contributed by atoms with Gasteiger partial charge in [-0.1, -0.05) is 12.1 Å². The zero-order valence-electron chi connectivity index (χ0n) is 12.9. The molecule has 3 rings (SSSR count). The first-order chi connectivity index (χ1) is 11.6. The Labute approximate surface area is 136 Å². The number of rotatable bonds is 6. The van der Waals surface area contributed by atoms with Crippen LogP contribution in [0.15, 0.2) is 52.6 Å². The van der Waals surface area contributed by atoms with Crippen molar-refractivity contribution in [2.45, 2.75) is 19.5 Å². The van der Waals surface area contributed by atoms with Gasteiger partial charge in [-0.2, -0.15) is 0 Å². The molecule has 0 spiro atoms. The predicted molar refractivity (Wildman–Crippen MR) is 88.7 cm³/mol. The highest BCUT2D eigenvalue weighted by Crippen LogP contribution is 2.02. The maximum Gasteiger partial charge on any atom is 0.273 e. The Morgan fingerprint density at radius 1 is 1.21 bits per heavy atom. The van der Waals surface area contributed by atoms with Crippen LogP contribution >= 0.6 is 0 Å². The molecule has 8 nitrogen and oxygen atoms in total. The molecule has 0 atom stereocenters. The van der Waals surface area contributed by atoms with Crippen LogP contribution in [0.2, 0.25) is 0 Å². The van der Waals surface area contributed by atoms with Gasteiger partial charge < -0.3 is 9.88 Å². The van der Waals surface area contributed by atoms with Crippen LogP contribution in [0.3, 0.4) is 0 Å². The normalized spacial score (nSPS) is 10.8. The van der Waals surface area contributed by atoms with E-state index in [0.29, 0.717) is 17.3 Å². The fraction of sp³-hybridized carbons (Fsp3) is 0.250. The topological polar surface area (TPSA) is 102 Å². The van der Waals surface area contributed by atoms with Gasteiger partial charge >= 0.3 is 0 Å². The standard InChI is InChI=1S/C16H17N5O3/c22-14(18-6-3-8-20-9-7-17-11-20)10-21-16(24)13-5-2-1-4-12(13)15(23)19-21/h1-2,4-5,7,9,11H,3,6,8,10H2,(H,18,22)(H,19,23). The van der Waals surface area contributed by atoms with E-state index in [9.17, 15) is 14.4 Å². The molecule has 3 aromatic rings. The summed E-state index contributed by atoms with van der Waals surface area (Å²) in [6, 6.07) is 6.53. The number of carbonyl (C=O) groups excluding carboxylic acids is 1. The van der Waals surface area contributed by atoms with Crippen LogP contribution in [0.1, 0.15) is 6.42 Å². The van der Waals surface area contributed by atoms with Gasteiger partial charge in [0.1, 0.15) is 6.54 Å². The lowest BCUT2D eigenvalue weighted by molar-refractivity contribution is -0.121. The van der Waals surface area contributed by atoms with E-state index in [1.54, 1.807) is 36.8 Å². The Morgan fingerprint density at radius 2 is 2.00 bits per heavy atom. The van der Waals surface area contributed by atoms with Gasteiger partial charge in [0.2, 0.25) is 5.91 Å². The molecular weight excluding hydrogens is 310 g/mol. The zero-order chi connectivity index (χ0) is 16.9. The molecular formula is C16H17N5O3. The third kappa shape index (κ3) is 3.43. The SMILES string of the molecule is O=C(Cn1[nH]c(=O)c2ccccc2c1=O)NCCCn1ccnc1. The van der Waals surface area contributed by atoms with Crippen LogP contribution in [-0.4, -0.2) is 31.8 Å². The van der Waals surface area contributed by atoms with Crippen LogP contribution in [0.4, 0.5) is 0 Å². The lowest BCUT2D eigenvalue weighted by Gasteiger charge is -2.08. The molecule has 2 aromatic heterocycles. The third-order valence-corrected chi connectivity index (χ3v) is 3.66. The molecule has 2 heterocycles. The first-order valence-corrected chi connectivity index (χ1v) is 7.59. The number of amides is 1. The number of nitrogens with zero attached hydrogens (tertiary/aromatic N) is 3. The highest BCUT2D eigenvalue weighted by molar-refractivity contribution is 5.81. The van der Waals surface area contributed by atoms with Crippen molar-refractivity contribution in [2.24, 2.45) is 0 Å². The van der Waals surface area contributed by atoms with Gasteiger partial charge in [0.05, 0.1) is 17.1 Å². The molecule has 0 radical (unpaired) electrons. The summed E-state index contributed by atoms with van der Waals surface area (Å²) in [6.07, 6.45) is 5.99. The molecule has 0 fully saturated rings. The number of fused-ring (bicyclic) bond motifs is 1. The largest absolute Gasteiger partial charge is 0.354 e. The van der Waals surface area contributed by atoms with Crippen molar-refractivity contribution in [3.05, 3.63) is 63.7 Å². The number of aromatic nitrogens is 4. The van der Waals surface area contributed by atoms with Gasteiger partial charge in [-0.3, -0.25) is 19.5 Å². The number of benzene rings is 1. The smallest absolute Gasteiger partial charge is 0.273 e. The van der Waals surface area contributed by atoms with E-state index in [0.717, 1.165) is 17.6 Å². The summed E-state index contributed by atoms with van der Waals surface area (Å²) in [4.78, 5) is 40.2. The molecule has 0 aliphatic rings. The number of carbonyl (C=O) groups is 1. The minimum absolute atomic E-state index is 0.218. The Hall–Kier alpha value is -3.16. The van der Waals surface area contributed by atoms with Gasteiger partial charge in [-0.25, -0.2) is 9.67 Å². The number of aryl methyl sites for hydroxylation is 1. The van der Waals surface area contributed by atoms with Crippen molar-refractivity contribution in [1.29, 1.82) is 0 Å². The molecule has 8 heteroatoms. The Balaban J connectivity index is 1.62. The maximum atomic E-state index is 12.3. The van der Waals surface area contributed by atoms with Crippen molar-refractivity contribution in [3.8, 4) is 0 Å². The van der Waals surface area contributed by atoms with Gasteiger partial charge in [0, 0.05) is 25.5 Å². The van der Waals surface area contributed by atoms with Crippen molar-refractivity contribution in [3.63, 3.8) is 0 Å². The lowest BCUT2D eigenvalue weighted by Crippen LogP contribution is -2.37. The summed E-state index contributed by atoms with van der Waals surface area (Å²) in [5.74, 6) is -0.325. The summed E-state index contributed by atoms with van der Waals surface area (Å²) < 4.78 is 2.95. The molecule has 0 aliphatic carbocycles. The molecule has 0 unspecified atom stereocenters. The maximum absolute atomic E-state index is 12.3. The number of nitrogens with one attached hydrogen (secondary N) is 2. The summed E-state index contributed by atoms with van der Waals surface area (Å²) in [6.45, 7) is 1.00. The number of imidazole rings is 1. The van der Waals surface area contributed by atoms with Gasteiger partial charge in [0.15, 0.2) is 0 Å². The summed E-state index contributed by atoms with van der Waals surface area (Å²) in [5.41, 5.74) is -0.781. The van der Waals surface area contributed by atoms with E-state index in [1.165, 1.54) is 0 Å². The number of H-pyrrole nitrogens is 1. The van der Waals surface area contributed by atoms with Gasteiger partial charge in [-0.05, 0) is 18.6 Å². The Bertz CT molecular complexity index is 956. The Morgan fingerprint density at radius 3 is 2.75 bits per heavy atom. The van der Waals surface area contributed by atoms with Crippen LogP contribution in [0.5, 0.6) is 0 Å². The number of aromatic amines is 1. The fourth-order valence-electron chi connectivity index (χ4n) is 2.47. The lowest BCUT2D eigenvalue weighted by atomic mass is 10.2. The summed E-state index contributed by atoms with van der Waals surface area (Å²) >= 11 is 0.